The Labute approximate surface area is 159 Å². The summed E-state index contributed by atoms with van der Waals surface area (Å²) < 4.78 is 7.31. The molecule has 0 N–H and O–H groups in total. The van der Waals surface area contributed by atoms with Gasteiger partial charge in [0.1, 0.15) is 0 Å². The van der Waals surface area contributed by atoms with Crippen LogP contribution in [0.25, 0.3) is 26.3 Å². The second-order valence-electron chi connectivity index (χ2n) is 6.44. The number of aromatic nitrogens is 3. The van der Waals surface area contributed by atoms with Crippen molar-refractivity contribution in [1.82, 2.24) is 14.5 Å². The Morgan fingerprint density at radius 1 is 1.07 bits per heavy atom. The number of carbonyl (C=O) groups excluding carboxylic acids is 1. The summed E-state index contributed by atoms with van der Waals surface area (Å²) in [6.45, 7) is 5.81. The minimum Gasteiger partial charge on any atom is -0.465 e. The number of ether oxygens (including phenoxy) is 1. The van der Waals surface area contributed by atoms with Crippen LogP contribution < -0.4 is 5.56 Å². The molecule has 0 amide bonds. The smallest absolute Gasteiger partial charge is 0.339 e. The number of esters is 1. The molecule has 4 aromatic rings. The number of carbonyl (C=O) groups is 1. The Bertz CT molecular complexity index is 1250. The standard InChI is InChI=1S/C20H17N3O3S/c1-10-7-16-17(8-11(10)2)27-20(22-16)23-6-5-15-14(18(23)24)9-13(12(3)21-15)19(25)26-4/h5-9H,1-4H3. The molecule has 0 saturated carbocycles. The molecule has 0 bridgehead atoms. The van der Waals surface area contributed by atoms with E-state index >= 15 is 0 Å². The number of thiazole rings is 1. The van der Waals surface area contributed by atoms with E-state index in [0.717, 1.165) is 15.8 Å². The number of benzene rings is 1. The van der Waals surface area contributed by atoms with Gasteiger partial charge in [0.05, 0.1) is 39.5 Å². The second kappa shape index (κ2) is 6.28. The van der Waals surface area contributed by atoms with Gasteiger partial charge in [-0.25, -0.2) is 9.78 Å². The number of rotatable bonds is 2. The van der Waals surface area contributed by atoms with Gasteiger partial charge in [-0.15, -0.1) is 0 Å². The molecule has 1 aromatic carbocycles. The van der Waals surface area contributed by atoms with Gasteiger partial charge in [-0.1, -0.05) is 11.3 Å². The molecule has 0 aliphatic rings. The van der Waals surface area contributed by atoms with Crippen LogP contribution in [0.2, 0.25) is 0 Å². The molecule has 0 aliphatic carbocycles. The Kier molecular flexibility index (Phi) is 4.04. The first-order valence-corrected chi connectivity index (χ1v) is 9.20. The van der Waals surface area contributed by atoms with Crippen molar-refractivity contribution in [1.29, 1.82) is 0 Å². The van der Waals surface area contributed by atoms with Gasteiger partial charge in [0.15, 0.2) is 5.13 Å². The first-order chi connectivity index (χ1) is 12.9. The lowest BCUT2D eigenvalue weighted by atomic mass is 10.1. The van der Waals surface area contributed by atoms with Gasteiger partial charge in [0, 0.05) is 6.20 Å². The summed E-state index contributed by atoms with van der Waals surface area (Å²) in [5, 5.41) is 0.942. The van der Waals surface area contributed by atoms with Gasteiger partial charge in [-0.05, 0) is 56.2 Å². The lowest BCUT2D eigenvalue weighted by Gasteiger charge is -2.07. The van der Waals surface area contributed by atoms with Crippen LogP contribution >= 0.6 is 11.3 Å². The Morgan fingerprint density at radius 3 is 2.56 bits per heavy atom. The number of methoxy groups -OCH3 is 1. The van der Waals surface area contributed by atoms with E-state index < -0.39 is 5.97 Å². The fraction of sp³-hybridized carbons (Fsp3) is 0.200. The van der Waals surface area contributed by atoms with Crippen molar-refractivity contribution in [3.05, 3.63) is 63.2 Å². The van der Waals surface area contributed by atoms with E-state index in [1.54, 1.807) is 25.3 Å². The molecular weight excluding hydrogens is 362 g/mol. The number of nitrogens with zero attached hydrogens (tertiary/aromatic N) is 3. The van der Waals surface area contributed by atoms with Crippen LogP contribution in [-0.4, -0.2) is 27.6 Å². The molecule has 7 heteroatoms. The Balaban J connectivity index is 1.95. The maximum atomic E-state index is 13.1. The van der Waals surface area contributed by atoms with E-state index in [1.807, 2.05) is 13.0 Å². The molecule has 0 aliphatic heterocycles. The summed E-state index contributed by atoms with van der Waals surface area (Å²) >= 11 is 1.45. The molecule has 4 rings (SSSR count). The van der Waals surface area contributed by atoms with Crippen LogP contribution in [0, 0.1) is 20.8 Å². The zero-order valence-corrected chi connectivity index (χ0v) is 16.2. The first-order valence-electron chi connectivity index (χ1n) is 8.38. The fourth-order valence-electron chi connectivity index (χ4n) is 3.00. The molecule has 6 nitrogen and oxygen atoms in total. The topological polar surface area (TPSA) is 74.1 Å². The van der Waals surface area contributed by atoms with Crippen molar-refractivity contribution in [2.75, 3.05) is 7.11 Å². The zero-order chi connectivity index (χ0) is 19.3. The second-order valence-corrected chi connectivity index (χ2v) is 7.45. The molecule has 0 radical (unpaired) electrons. The largest absolute Gasteiger partial charge is 0.465 e. The molecule has 27 heavy (non-hydrogen) atoms. The number of fused-ring (bicyclic) bond motifs is 2. The zero-order valence-electron chi connectivity index (χ0n) is 15.4. The van der Waals surface area contributed by atoms with E-state index in [1.165, 1.54) is 28.6 Å². The van der Waals surface area contributed by atoms with Crippen molar-refractivity contribution in [2.24, 2.45) is 0 Å². The average molecular weight is 379 g/mol. The Morgan fingerprint density at radius 2 is 1.81 bits per heavy atom. The van der Waals surface area contributed by atoms with Crippen LogP contribution in [-0.2, 0) is 4.74 Å². The number of pyridine rings is 2. The van der Waals surface area contributed by atoms with Gasteiger partial charge < -0.3 is 4.74 Å². The summed E-state index contributed by atoms with van der Waals surface area (Å²) in [6.07, 6.45) is 1.67. The lowest BCUT2D eigenvalue weighted by Crippen LogP contribution is -2.19. The van der Waals surface area contributed by atoms with Gasteiger partial charge in [0.25, 0.3) is 5.56 Å². The molecule has 136 valence electrons. The summed E-state index contributed by atoms with van der Waals surface area (Å²) in [7, 11) is 1.31. The Hall–Kier alpha value is -3.06. The predicted octanol–water partition coefficient (Wildman–Crippen LogP) is 3.71. The molecule has 0 atom stereocenters. The van der Waals surface area contributed by atoms with E-state index in [4.69, 9.17) is 4.74 Å². The molecule has 3 heterocycles. The van der Waals surface area contributed by atoms with E-state index in [0.29, 0.717) is 21.7 Å². The van der Waals surface area contributed by atoms with Crippen LogP contribution in [0.5, 0.6) is 0 Å². The van der Waals surface area contributed by atoms with Crippen molar-refractivity contribution in [3.63, 3.8) is 0 Å². The highest BCUT2D eigenvalue weighted by Gasteiger charge is 2.16. The lowest BCUT2D eigenvalue weighted by molar-refractivity contribution is 0.0599. The van der Waals surface area contributed by atoms with Gasteiger partial charge in [-0.2, -0.15) is 0 Å². The van der Waals surface area contributed by atoms with E-state index in [9.17, 15) is 9.59 Å². The van der Waals surface area contributed by atoms with Crippen LogP contribution in [0.15, 0.2) is 35.3 Å². The van der Waals surface area contributed by atoms with Crippen LogP contribution in [0.4, 0.5) is 0 Å². The minimum absolute atomic E-state index is 0.266. The summed E-state index contributed by atoms with van der Waals surface area (Å²) in [5.74, 6) is -0.511. The van der Waals surface area contributed by atoms with E-state index in [2.05, 4.69) is 23.0 Å². The minimum atomic E-state index is -0.511. The average Bonchev–Trinajstić information content (AvgIpc) is 3.03. The monoisotopic (exact) mass is 379 g/mol. The molecule has 3 aromatic heterocycles. The maximum Gasteiger partial charge on any atom is 0.339 e. The highest BCUT2D eigenvalue weighted by Crippen LogP contribution is 2.27. The number of aryl methyl sites for hydroxylation is 3. The van der Waals surface area contributed by atoms with E-state index in [-0.39, 0.29) is 11.1 Å². The van der Waals surface area contributed by atoms with Gasteiger partial charge in [-0.3, -0.25) is 14.3 Å². The third-order valence-corrected chi connectivity index (χ3v) is 5.69. The SMILES string of the molecule is COC(=O)c1cc2c(=O)n(-c3nc4cc(C)c(C)cc4s3)ccc2nc1C. The molecule has 0 fully saturated rings. The highest BCUT2D eigenvalue weighted by molar-refractivity contribution is 7.20. The highest BCUT2D eigenvalue weighted by atomic mass is 32.1. The van der Waals surface area contributed by atoms with Crippen LogP contribution in [0.3, 0.4) is 0 Å². The fourth-order valence-corrected chi connectivity index (χ4v) is 4.03. The molecule has 0 unspecified atom stereocenters. The van der Waals surface area contributed by atoms with Gasteiger partial charge in [0.2, 0.25) is 0 Å². The molecule has 0 spiro atoms. The van der Waals surface area contributed by atoms with Crippen molar-refractivity contribution in [3.8, 4) is 5.13 Å². The van der Waals surface area contributed by atoms with Crippen molar-refractivity contribution >= 4 is 38.4 Å². The van der Waals surface area contributed by atoms with Gasteiger partial charge >= 0.3 is 5.97 Å². The van der Waals surface area contributed by atoms with Crippen molar-refractivity contribution in [2.45, 2.75) is 20.8 Å². The summed E-state index contributed by atoms with van der Waals surface area (Å²) in [4.78, 5) is 34.0. The quantitative estimate of drug-likeness (QED) is 0.497. The van der Waals surface area contributed by atoms with Crippen LogP contribution in [0.1, 0.15) is 27.2 Å². The third-order valence-electron chi connectivity index (χ3n) is 4.68. The summed E-state index contributed by atoms with van der Waals surface area (Å²) in [5.41, 5.74) is 4.29. The normalized spacial score (nSPS) is 11.3. The number of hydrogen-bond donors (Lipinski definition) is 0. The number of hydrogen-bond acceptors (Lipinski definition) is 6. The first kappa shape index (κ1) is 17.4. The molecule has 0 saturated heterocycles. The molecular formula is C20H17N3O3S. The predicted molar refractivity (Wildman–Crippen MR) is 106 cm³/mol. The summed E-state index contributed by atoms with van der Waals surface area (Å²) in [6, 6.07) is 7.41. The third kappa shape index (κ3) is 2.80. The maximum absolute atomic E-state index is 13.1. The van der Waals surface area contributed by atoms with Crippen molar-refractivity contribution < 1.29 is 9.53 Å².